The smallest absolute Gasteiger partial charge is 0.233 e. The lowest BCUT2D eigenvalue weighted by Gasteiger charge is -2.09. The first-order valence-electron chi connectivity index (χ1n) is 7.51. The molecule has 3 aromatic rings. The number of nitrogens with two attached hydrogens (primary N) is 1. The molecule has 2 heterocycles. The lowest BCUT2D eigenvalue weighted by atomic mass is 10.2. The van der Waals surface area contributed by atoms with Crippen LogP contribution in [0.1, 0.15) is 25.3 Å². The van der Waals surface area contributed by atoms with Gasteiger partial charge in [0.2, 0.25) is 5.88 Å². The second kappa shape index (κ2) is 6.36. The highest BCUT2D eigenvalue weighted by Gasteiger charge is 2.15. The standard InChI is InChI=1S/C17H17N5O/c1-2-3-8-23-17-11(10-18)9-12(15(19)22-17)16-20-13-6-4-5-7-14(13)21-16/h4-7,9H,2-3,8H2,1H3,(H2,19,22)(H,20,21). The predicted molar refractivity (Wildman–Crippen MR) is 88.9 cm³/mol. The zero-order valence-electron chi connectivity index (χ0n) is 12.8. The van der Waals surface area contributed by atoms with E-state index in [0.29, 0.717) is 23.6 Å². The van der Waals surface area contributed by atoms with Crippen molar-refractivity contribution >= 4 is 16.9 Å². The number of nitrogen functional groups attached to an aromatic ring is 1. The number of pyridine rings is 1. The number of anilines is 1. The highest BCUT2D eigenvalue weighted by atomic mass is 16.5. The van der Waals surface area contributed by atoms with Gasteiger partial charge in [-0.2, -0.15) is 10.2 Å². The Bertz CT molecular complexity index is 845. The van der Waals surface area contributed by atoms with Gasteiger partial charge in [-0.3, -0.25) is 0 Å². The van der Waals surface area contributed by atoms with Crippen LogP contribution in [0.4, 0.5) is 5.82 Å². The molecule has 6 heteroatoms. The minimum Gasteiger partial charge on any atom is -0.477 e. The van der Waals surface area contributed by atoms with Crippen molar-refractivity contribution < 1.29 is 4.74 Å². The van der Waals surface area contributed by atoms with E-state index >= 15 is 0 Å². The Kier molecular flexibility index (Phi) is 4.11. The number of fused-ring (bicyclic) bond motifs is 1. The van der Waals surface area contributed by atoms with Crippen LogP contribution in [0.3, 0.4) is 0 Å². The Morgan fingerprint density at radius 1 is 1.30 bits per heavy atom. The first-order valence-corrected chi connectivity index (χ1v) is 7.51. The fraction of sp³-hybridized carbons (Fsp3) is 0.235. The number of benzene rings is 1. The minimum atomic E-state index is 0.276. The first-order chi connectivity index (χ1) is 11.2. The van der Waals surface area contributed by atoms with Gasteiger partial charge in [0.05, 0.1) is 23.2 Å². The summed E-state index contributed by atoms with van der Waals surface area (Å²) in [6.07, 6.45) is 1.91. The number of nitrogens with one attached hydrogen (secondary N) is 1. The van der Waals surface area contributed by atoms with E-state index in [9.17, 15) is 5.26 Å². The van der Waals surface area contributed by atoms with Gasteiger partial charge in [-0.15, -0.1) is 0 Å². The molecule has 0 aliphatic rings. The van der Waals surface area contributed by atoms with E-state index in [1.165, 1.54) is 0 Å². The molecule has 0 bridgehead atoms. The van der Waals surface area contributed by atoms with E-state index < -0.39 is 0 Å². The summed E-state index contributed by atoms with van der Waals surface area (Å²) in [4.78, 5) is 11.9. The third-order valence-electron chi connectivity index (χ3n) is 3.52. The normalized spacial score (nSPS) is 10.6. The van der Waals surface area contributed by atoms with Crippen molar-refractivity contribution in [2.24, 2.45) is 0 Å². The van der Waals surface area contributed by atoms with Crippen molar-refractivity contribution in [3.63, 3.8) is 0 Å². The number of hydrogen-bond acceptors (Lipinski definition) is 5. The fourth-order valence-electron chi connectivity index (χ4n) is 2.28. The Morgan fingerprint density at radius 2 is 2.13 bits per heavy atom. The lowest BCUT2D eigenvalue weighted by Crippen LogP contribution is -2.04. The summed E-state index contributed by atoms with van der Waals surface area (Å²) in [5, 5.41) is 9.34. The largest absolute Gasteiger partial charge is 0.477 e. The summed E-state index contributed by atoms with van der Waals surface area (Å²) in [6.45, 7) is 2.59. The van der Waals surface area contributed by atoms with E-state index in [2.05, 4.69) is 27.9 Å². The van der Waals surface area contributed by atoms with E-state index in [4.69, 9.17) is 10.5 Å². The maximum absolute atomic E-state index is 9.34. The average molecular weight is 307 g/mol. The summed E-state index contributed by atoms with van der Waals surface area (Å²) < 4.78 is 5.55. The number of nitriles is 1. The van der Waals surface area contributed by atoms with E-state index in [-0.39, 0.29) is 11.7 Å². The van der Waals surface area contributed by atoms with Crippen molar-refractivity contribution in [2.75, 3.05) is 12.3 Å². The Balaban J connectivity index is 2.01. The Labute approximate surface area is 133 Å². The van der Waals surface area contributed by atoms with Gasteiger partial charge in [-0.1, -0.05) is 25.5 Å². The monoisotopic (exact) mass is 307 g/mol. The SMILES string of the molecule is CCCCOc1nc(N)c(-c2nc3ccccc3[nH]2)cc1C#N. The molecule has 3 rings (SSSR count). The summed E-state index contributed by atoms with van der Waals surface area (Å²) in [5.74, 6) is 1.15. The lowest BCUT2D eigenvalue weighted by molar-refractivity contribution is 0.297. The van der Waals surface area contributed by atoms with Crippen LogP contribution < -0.4 is 10.5 Å². The summed E-state index contributed by atoms with van der Waals surface area (Å²) in [6, 6.07) is 11.5. The van der Waals surface area contributed by atoms with Crippen LogP contribution >= 0.6 is 0 Å². The van der Waals surface area contributed by atoms with Crippen LogP contribution in [0.2, 0.25) is 0 Å². The number of unbranched alkanes of at least 4 members (excludes halogenated alkanes) is 1. The molecule has 23 heavy (non-hydrogen) atoms. The van der Waals surface area contributed by atoms with Crippen LogP contribution in [-0.2, 0) is 0 Å². The highest BCUT2D eigenvalue weighted by Crippen LogP contribution is 2.29. The summed E-state index contributed by atoms with van der Waals surface area (Å²) in [5.41, 5.74) is 8.74. The number of nitrogens with zero attached hydrogens (tertiary/aromatic N) is 3. The highest BCUT2D eigenvalue weighted by molar-refractivity contribution is 5.82. The Morgan fingerprint density at radius 3 is 2.87 bits per heavy atom. The number of para-hydroxylation sites is 2. The molecule has 0 amide bonds. The van der Waals surface area contributed by atoms with Gasteiger partial charge in [0, 0.05) is 0 Å². The molecule has 1 aromatic carbocycles. The van der Waals surface area contributed by atoms with Gasteiger partial charge in [-0.05, 0) is 24.6 Å². The predicted octanol–water partition coefficient (Wildman–Crippen LogP) is 3.26. The maximum atomic E-state index is 9.34. The van der Waals surface area contributed by atoms with Crippen molar-refractivity contribution in [1.29, 1.82) is 5.26 Å². The zero-order chi connectivity index (χ0) is 16.2. The molecule has 0 unspecified atom stereocenters. The minimum absolute atomic E-state index is 0.276. The number of aromatic nitrogens is 3. The van der Waals surface area contributed by atoms with Crippen molar-refractivity contribution in [2.45, 2.75) is 19.8 Å². The maximum Gasteiger partial charge on any atom is 0.233 e. The van der Waals surface area contributed by atoms with Crippen LogP contribution in [-0.4, -0.2) is 21.6 Å². The second-order valence-electron chi connectivity index (χ2n) is 5.19. The van der Waals surface area contributed by atoms with Crippen LogP contribution in [0.25, 0.3) is 22.4 Å². The van der Waals surface area contributed by atoms with Gasteiger partial charge >= 0.3 is 0 Å². The quantitative estimate of drug-likeness (QED) is 0.705. The van der Waals surface area contributed by atoms with Crippen molar-refractivity contribution in [1.82, 2.24) is 15.0 Å². The first kappa shape index (κ1) is 14.9. The molecule has 0 spiro atoms. The molecule has 0 saturated heterocycles. The van der Waals surface area contributed by atoms with Crippen LogP contribution in [0, 0.1) is 11.3 Å². The third-order valence-corrected chi connectivity index (χ3v) is 3.52. The molecule has 2 aromatic heterocycles. The molecular weight excluding hydrogens is 290 g/mol. The van der Waals surface area contributed by atoms with Gasteiger partial charge in [0.25, 0.3) is 0 Å². The van der Waals surface area contributed by atoms with E-state index in [0.717, 1.165) is 23.9 Å². The van der Waals surface area contributed by atoms with E-state index in [1.807, 2.05) is 24.3 Å². The number of rotatable bonds is 5. The molecular formula is C17H17N5O. The Hall–Kier alpha value is -3.07. The molecule has 3 N–H and O–H groups in total. The summed E-state index contributed by atoms with van der Waals surface area (Å²) >= 11 is 0. The molecule has 0 aliphatic heterocycles. The zero-order valence-corrected chi connectivity index (χ0v) is 12.8. The molecule has 0 fully saturated rings. The van der Waals surface area contributed by atoms with Gasteiger partial charge in [0.15, 0.2) is 0 Å². The molecule has 0 atom stereocenters. The third kappa shape index (κ3) is 2.94. The number of hydrogen-bond donors (Lipinski definition) is 2. The fourth-order valence-corrected chi connectivity index (χ4v) is 2.28. The van der Waals surface area contributed by atoms with E-state index in [1.54, 1.807) is 6.07 Å². The van der Waals surface area contributed by atoms with Crippen LogP contribution in [0.5, 0.6) is 5.88 Å². The molecule has 0 radical (unpaired) electrons. The van der Waals surface area contributed by atoms with Gasteiger partial charge in [0.1, 0.15) is 23.3 Å². The molecule has 0 saturated carbocycles. The second-order valence-corrected chi connectivity index (χ2v) is 5.19. The van der Waals surface area contributed by atoms with Gasteiger partial charge < -0.3 is 15.5 Å². The number of H-pyrrole nitrogens is 1. The molecule has 116 valence electrons. The number of aromatic amines is 1. The van der Waals surface area contributed by atoms with Crippen molar-refractivity contribution in [3.8, 4) is 23.3 Å². The summed E-state index contributed by atoms with van der Waals surface area (Å²) in [7, 11) is 0. The molecule has 6 nitrogen and oxygen atoms in total. The van der Waals surface area contributed by atoms with Gasteiger partial charge in [-0.25, -0.2) is 4.98 Å². The number of imidazole rings is 1. The van der Waals surface area contributed by atoms with Crippen molar-refractivity contribution in [3.05, 3.63) is 35.9 Å². The molecule has 0 aliphatic carbocycles. The topological polar surface area (TPSA) is 101 Å². The average Bonchev–Trinajstić information content (AvgIpc) is 2.99. The van der Waals surface area contributed by atoms with Crippen LogP contribution in [0.15, 0.2) is 30.3 Å². The number of ether oxygens (including phenoxy) is 1.